The van der Waals surface area contributed by atoms with E-state index in [1.165, 1.54) is 6.20 Å². The van der Waals surface area contributed by atoms with Crippen LogP contribution in [-0.4, -0.2) is 33.8 Å². The van der Waals surface area contributed by atoms with Gasteiger partial charge in [-0.15, -0.1) is 0 Å². The second kappa shape index (κ2) is 3.66. The molecule has 0 radical (unpaired) electrons. The quantitative estimate of drug-likeness (QED) is 0.699. The van der Waals surface area contributed by atoms with Crippen molar-refractivity contribution in [1.82, 2.24) is 9.97 Å². The minimum Gasteiger partial charge on any atom is -0.388 e. The largest absolute Gasteiger partial charge is 0.388 e. The van der Waals surface area contributed by atoms with Crippen molar-refractivity contribution in [1.29, 1.82) is 0 Å². The van der Waals surface area contributed by atoms with Gasteiger partial charge < -0.3 is 15.7 Å². The second-order valence-electron chi connectivity index (χ2n) is 4.32. The summed E-state index contributed by atoms with van der Waals surface area (Å²) in [6, 6.07) is 0. The highest BCUT2D eigenvalue weighted by molar-refractivity contribution is 5.42. The zero-order valence-corrected chi connectivity index (χ0v) is 8.85. The number of hydrogen-bond donors (Lipinski definition) is 2. The van der Waals surface area contributed by atoms with Crippen LogP contribution in [0, 0.1) is 0 Å². The van der Waals surface area contributed by atoms with Crippen LogP contribution in [0.5, 0.6) is 0 Å². The molecule has 1 aliphatic heterocycles. The van der Waals surface area contributed by atoms with E-state index < -0.39 is 5.60 Å². The smallest absolute Gasteiger partial charge is 0.149 e. The van der Waals surface area contributed by atoms with Crippen LogP contribution in [0.2, 0.25) is 0 Å². The first-order valence-corrected chi connectivity index (χ1v) is 5.12. The average molecular weight is 208 g/mol. The van der Waals surface area contributed by atoms with Crippen molar-refractivity contribution in [3.8, 4) is 0 Å². The molecule has 0 spiro atoms. The Hall–Kier alpha value is -1.36. The molecule has 1 fully saturated rings. The third-order valence-electron chi connectivity index (χ3n) is 2.64. The molecule has 5 nitrogen and oxygen atoms in total. The van der Waals surface area contributed by atoms with Crippen molar-refractivity contribution in [2.45, 2.75) is 25.4 Å². The summed E-state index contributed by atoms with van der Waals surface area (Å²) in [4.78, 5) is 10.2. The number of nitrogen functional groups attached to an aromatic ring is 1. The molecule has 1 saturated heterocycles. The highest BCUT2D eigenvalue weighted by Crippen LogP contribution is 2.24. The third kappa shape index (κ3) is 2.36. The minimum atomic E-state index is -0.634. The number of aromatic nitrogens is 2. The normalized spacial score (nSPS) is 26.7. The Bertz CT molecular complexity index is 353. The first-order chi connectivity index (χ1) is 7.07. The molecule has 0 saturated carbocycles. The molecule has 1 atom stereocenters. The van der Waals surface area contributed by atoms with E-state index in [9.17, 15) is 5.11 Å². The summed E-state index contributed by atoms with van der Waals surface area (Å²) < 4.78 is 0. The fourth-order valence-electron chi connectivity index (χ4n) is 1.94. The van der Waals surface area contributed by atoms with Crippen molar-refractivity contribution in [2.24, 2.45) is 0 Å². The Morgan fingerprint density at radius 2 is 2.33 bits per heavy atom. The van der Waals surface area contributed by atoms with Gasteiger partial charge in [-0.05, 0) is 19.8 Å². The first-order valence-electron chi connectivity index (χ1n) is 5.12. The summed E-state index contributed by atoms with van der Waals surface area (Å²) in [5.41, 5.74) is 4.94. The Labute approximate surface area is 88.9 Å². The molecule has 1 unspecified atom stereocenters. The maximum atomic E-state index is 9.95. The number of anilines is 2. The lowest BCUT2D eigenvalue weighted by molar-refractivity contribution is 0.0447. The molecule has 5 heteroatoms. The molecular formula is C10H16N4O. The molecule has 15 heavy (non-hydrogen) atoms. The molecular weight excluding hydrogens is 192 g/mol. The van der Waals surface area contributed by atoms with E-state index in [4.69, 9.17) is 5.73 Å². The molecule has 1 aromatic rings. The molecule has 1 aromatic heterocycles. The molecule has 2 heterocycles. The monoisotopic (exact) mass is 208 g/mol. The number of β-amino-alcohol motifs (C(OH)–C–C–N with tert-alkyl or cyclic N) is 1. The number of nitrogens with two attached hydrogens (primary N) is 1. The maximum Gasteiger partial charge on any atom is 0.149 e. The van der Waals surface area contributed by atoms with Crippen molar-refractivity contribution < 1.29 is 5.11 Å². The number of nitrogens with zero attached hydrogens (tertiary/aromatic N) is 3. The van der Waals surface area contributed by atoms with E-state index >= 15 is 0 Å². The lowest BCUT2D eigenvalue weighted by Gasteiger charge is -2.37. The van der Waals surface area contributed by atoms with Crippen LogP contribution in [0.1, 0.15) is 19.8 Å². The minimum absolute atomic E-state index is 0.415. The Balaban J connectivity index is 2.17. The van der Waals surface area contributed by atoms with Crippen LogP contribution in [0.15, 0.2) is 12.4 Å². The summed E-state index contributed by atoms with van der Waals surface area (Å²) in [6.07, 6.45) is 4.99. The van der Waals surface area contributed by atoms with Crippen molar-refractivity contribution >= 4 is 11.6 Å². The van der Waals surface area contributed by atoms with Gasteiger partial charge in [0.15, 0.2) is 0 Å². The van der Waals surface area contributed by atoms with Gasteiger partial charge in [-0.3, -0.25) is 4.98 Å². The van der Waals surface area contributed by atoms with Crippen LogP contribution in [0.25, 0.3) is 0 Å². The van der Waals surface area contributed by atoms with E-state index in [2.05, 4.69) is 9.97 Å². The van der Waals surface area contributed by atoms with Crippen LogP contribution >= 0.6 is 0 Å². The van der Waals surface area contributed by atoms with Gasteiger partial charge in [0.05, 0.1) is 18.0 Å². The third-order valence-corrected chi connectivity index (χ3v) is 2.64. The summed E-state index contributed by atoms with van der Waals surface area (Å²) >= 11 is 0. The molecule has 0 amide bonds. The fraction of sp³-hybridized carbons (Fsp3) is 0.600. The Morgan fingerprint density at radius 1 is 1.53 bits per heavy atom. The second-order valence-corrected chi connectivity index (χ2v) is 4.32. The van der Waals surface area contributed by atoms with Crippen molar-refractivity contribution in [2.75, 3.05) is 23.7 Å². The van der Waals surface area contributed by atoms with E-state index in [-0.39, 0.29) is 0 Å². The lowest BCUT2D eigenvalue weighted by atomic mass is 9.95. The molecule has 82 valence electrons. The van der Waals surface area contributed by atoms with Gasteiger partial charge in [-0.1, -0.05) is 0 Å². The zero-order chi connectivity index (χ0) is 10.9. The van der Waals surface area contributed by atoms with E-state index in [1.807, 2.05) is 11.8 Å². The number of piperidine rings is 1. The number of aliphatic hydroxyl groups is 1. The van der Waals surface area contributed by atoms with Crippen LogP contribution in [-0.2, 0) is 0 Å². The predicted molar refractivity (Wildman–Crippen MR) is 58.5 cm³/mol. The molecule has 0 aromatic carbocycles. The van der Waals surface area contributed by atoms with Crippen molar-refractivity contribution in [3.63, 3.8) is 0 Å². The Morgan fingerprint density at radius 3 is 3.00 bits per heavy atom. The number of hydrogen-bond acceptors (Lipinski definition) is 5. The van der Waals surface area contributed by atoms with E-state index in [0.717, 1.165) is 25.2 Å². The summed E-state index contributed by atoms with van der Waals surface area (Å²) in [6.45, 7) is 3.33. The molecule has 3 N–H and O–H groups in total. The average Bonchev–Trinajstić information content (AvgIpc) is 2.16. The highest BCUT2D eigenvalue weighted by atomic mass is 16.3. The number of rotatable bonds is 1. The SMILES string of the molecule is CC1(O)CCCN(c2cncc(N)n2)C1. The molecule has 0 bridgehead atoms. The van der Waals surface area contributed by atoms with Crippen LogP contribution < -0.4 is 10.6 Å². The van der Waals surface area contributed by atoms with Gasteiger partial charge >= 0.3 is 0 Å². The maximum absolute atomic E-state index is 9.95. The standard InChI is InChI=1S/C10H16N4O/c1-10(15)3-2-4-14(7-10)9-6-12-5-8(11)13-9/h5-6,15H,2-4,7H2,1H3,(H2,11,13). The molecule has 2 rings (SSSR count). The molecule has 0 aliphatic carbocycles. The summed E-state index contributed by atoms with van der Waals surface area (Å²) in [7, 11) is 0. The zero-order valence-electron chi connectivity index (χ0n) is 8.85. The van der Waals surface area contributed by atoms with Crippen LogP contribution in [0.3, 0.4) is 0 Å². The van der Waals surface area contributed by atoms with Crippen molar-refractivity contribution in [3.05, 3.63) is 12.4 Å². The Kier molecular flexibility index (Phi) is 2.48. The lowest BCUT2D eigenvalue weighted by Crippen LogP contribution is -2.46. The first kappa shape index (κ1) is 10.2. The summed E-state index contributed by atoms with van der Waals surface area (Å²) in [5, 5.41) is 9.95. The fourth-order valence-corrected chi connectivity index (χ4v) is 1.94. The van der Waals surface area contributed by atoms with Gasteiger partial charge in [0.2, 0.25) is 0 Å². The summed E-state index contributed by atoms with van der Waals surface area (Å²) in [5.74, 6) is 1.16. The van der Waals surface area contributed by atoms with Crippen LogP contribution in [0.4, 0.5) is 11.6 Å². The van der Waals surface area contributed by atoms with Gasteiger partial charge in [0.1, 0.15) is 11.6 Å². The predicted octanol–water partition coefficient (Wildman–Crippen LogP) is 0.410. The highest BCUT2D eigenvalue weighted by Gasteiger charge is 2.29. The van der Waals surface area contributed by atoms with E-state index in [0.29, 0.717) is 12.4 Å². The van der Waals surface area contributed by atoms with Gasteiger partial charge in [0.25, 0.3) is 0 Å². The van der Waals surface area contributed by atoms with Gasteiger partial charge in [-0.25, -0.2) is 4.98 Å². The molecule has 1 aliphatic rings. The van der Waals surface area contributed by atoms with E-state index in [1.54, 1.807) is 6.20 Å². The van der Waals surface area contributed by atoms with Gasteiger partial charge in [-0.2, -0.15) is 0 Å². The van der Waals surface area contributed by atoms with Gasteiger partial charge in [0, 0.05) is 13.1 Å². The topological polar surface area (TPSA) is 75.3 Å².